The topological polar surface area (TPSA) is 134 Å². The number of alkyl halides is 3. The van der Waals surface area contributed by atoms with Gasteiger partial charge in [0.2, 0.25) is 0 Å². The first-order valence-electron chi connectivity index (χ1n) is 7.72. The Balaban J connectivity index is 1.95. The van der Waals surface area contributed by atoms with Gasteiger partial charge in [-0.2, -0.15) is 31.8 Å². The number of nitrogens with zero attached hydrogens (tertiary/aromatic N) is 4. The van der Waals surface area contributed by atoms with Gasteiger partial charge in [0.15, 0.2) is 5.69 Å². The first kappa shape index (κ1) is 20.2. The summed E-state index contributed by atoms with van der Waals surface area (Å²) in [6.07, 6.45) is 4.46. The number of nitrogens with two attached hydrogens (primary N) is 1. The fourth-order valence-corrected chi connectivity index (χ4v) is 2.72. The maximum atomic E-state index is 12.5. The van der Waals surface area contributed by atoms with Gasteiger partial charge in [0.1, 0.15) is 5.75 Å². The van der Waals surface area contributed by atoms with E-state index >= 15 is 0 Å². The molecule has 0 spiro atoms. The summed E-state index contributed by atoms with van der Waals surface area (Å²) >= 11 is 0. The zero-order valence-electron chi connectivity index (χ0n) is 14.6. The molecule has 3 N–H and O–H groups in total. The number of aromatic nitrogens is 4. The van der Waals surface area contributed by atoms with E-state index in [2.05, 4.69) is 19.7 Å². The lowest BCUT2D eigenvalue weighted by Gasteiger charge is -2.10. The molecule has 0 aliphatic rings. The second-order valence-corrected chi connectivity index (χ2v) is 7.25. The summed E-state index contributed by atoms with van der Waals surface area (Å²) in [7, 11) is -4.15. The smallest absolute Gasteiger partial charge is 0.376 e. The second kappa shape index (κ2) is 7.12. The molecule has 3 aromatic rings. The number of amides is 1. The molecule has 0 aliphatic carbocycles. The van der Waals surface area contributed by atoms with Gasteiger partial charge in [-0.25, -0.2) is 4.68 Å². The summed E-state index contributed by atoms with van der Waals surface area (Å²) in [4.78, 5) is 11.7. The van der Waals surface area contributed by atoms with Crippen molar-refractivity contribution in [3.8, 4) is 11.4 Å². The van der Waals surface area contributed by atoms with Crippen LogP contribution < -0.4 is 15.2 Å². The van der Waals surface area contributed by atoms with E-state index in [9.17, 15) is 26.4 Å². The molecule has 154 valence electrons. The number of hydrogen-bond donors (Lipinski definition) is 2. The van der Waals surface area contributed by atoms with Crippen molar-refractivity contribution in [3.05, 3.63) is 48.5 Å². The van der Waals surface area contributed by atoms with Crippen LogP contribution in [0, 0.1) is 0 Å². The van der Waals surface area contributed by atoms with Crippen molar-refractivity contribution < 1.29 is 30.6 Å². The van der Waals surface area contributed by atoms with Gasteiger partial charge in [0, 0.05) is 19.3 Å². The van der Waals surface area contributed by atoms with Crippen LogP contribution in [-0.4, -0.2) is 39.4 Å². The number of aryl methyl sites for hydroxylation is 1. The largest absolute Gasteiger partial charge is 0.534 e. The van der Waals surface area contributed by atoms with Crippen LogP contribution in [0.2, 0.25) is 0 Å². The van der Waals surface area contributed by atoms with Gasteiger partial charge in [-0.15, -0.1) is 0 Å². The third-order valence-electron chi connectivity index (χ3n) is 3.50. The number of carbonyl (C=O) groups excluding carboxylic acids is 1. The minimum atomic E-state index is -5.83. The molecule has 3 rings (SSSR count). The third kappa shape index (κ3) is 4.31. The predicted octanol–water partition coefficient (Wildman–Crippen LogP) is 1.68. The summed E-state index contributed by atoms with van der Waals surface area (Å²) < 4.78 is 66.6. The van der Waals surface area contributed by atoms with Crippen LogP contribution in [0.3, 0.4) is 0 Å². The number of rotatable bonds is 6. The lowest BCUT2D eigenvalue weighted by atomic mass is 10.3. The Morgan fingerprint density at radius 2 is 2.00 bits per heavy atom. The number of carbonyl (C=O) groups is 1. The van der Waals surface area contributed by atoms with Crippen LogP contribution in [0.25, 0.3) is 5.69 Å². The highest BCUT2D eigenvalue weighted by Gasteiger charge is 2.48. The van der Waals surface area contributed by atoms with E-state index in [1.165, 1.54) is 29.2 Å². The van der Waals surface area contributed by atoms with Crippen molar-refractivity contribution in [1.29, 1.82) is 0 Å². The van der Waals surface area contributed by atoms with Gasteiger partial charge in [-0.3, -0.25) is 9.48 Å². The predicted molar refractivity (Wildman–Crippen MR) is 94.2 cm³/mol. The van der Waals surface area contributed by atoms with Crippen molar-refractivity contribution in [2.45, 2.75) is 5.51 Å². The molecular formula is C15H13F3N6O4S. The lowest BCUT2D eigenvalue weighted by molar-refractivity contribution is -0.0500. The van der Waals surface area contributed by atoms with Crippen LogP contribution in [0.4, 0.5) is 24.5 Å². The average Bonchev–Trinajstić information content (AvgIpc) is 3.20. The Labute approximate surface area is 161 Å². The van der Waals surface area contributed by atoms with Gasteiger partial charge in [0.25, 0.3) is 5.91 Å². The minimum Gasteiger partial charge on any atom is -0.376 e. The Bertz CT molecular complexity index is 1170. The van der Waals surface area contributed by atoms with E-state index in [0.29, 0.717) is 5.69 Å². The standard InChI is InChI=1S/C15H13F3N6O4S/c1-23-7-9(6-20-23)21-12-8-24(22-13(12)14(19)25)10-3-2-4-11(5-10)28-29(26,27)15(16,17)18/h2-8,21H,1H3,(H2,19,25). The molecular weight excluding hydrogens is 417 g/mol. The molecule has 0 radical (unpaired) electrons. The fourth-order valence-electron chi connectivity index (χ4n) is 2.27. The normalized spacial score (nSPS) is 12.0. The van der Waals surface area contributed by atoms with E-state index < -0.39 is 27.3 Å². The molecule has 0 saturated heterocycles. The molecule has 0 bridgehead atoms. The van der Waals surface area contributed by atoms with Crippen molar-refractivity contribution in [2.24, 2.45) is 12.8 Å². The van der Waals surface area contributed by atoms with Crippen molar-refractivity contribution >= 4 is 27.4 Å². The van der Waals surface area contributed by atoms with Gasteiger partial charge in [0.05, 0.1) is 29.5 Å². The van der Waals surface area contributed by atoms with Crippen molar-refractivity contribution in [3.63, 3.8) is 0 Å². The molecule has 29 heavy (non-hydrogen) atoms. The summed E-state index contributed by atoms with van der Waals surface area (Å²) in [5.74, 6) is -1.44. The van der Waals surface area contributed by atoms with Crippen LogP contribution in [0.5, 0.6) is 5.75 Å². The zero-order valence-corrected chi connectivity index (χ0v) is 15.4. The first-order valence-corrected chi connectivity index (χ1v) is 9.13. The molecule has 0 aliphatic heterocycles. The third-order valence-corrected chi connectivity index (χ3v) is 4.48. The van der Waals surface area contributed by atoms with Gasteiger partial charge in [-0.05, 0) is 12.1 Å². The number of halogens is 3. The molecule has 0 saturated carbocycles. The Kier molecular flexibility index (Phi) is 4.96. The van der Waals surface area contributed by atoms with Crippen molar-refractivity contribution in [1.82, 2.24) is 19.6 Å². The molecule has 14 heteroatoms. The number of nitrogens with one attached hydrogen (secondary N) is 1. The molecule has 2 heterocycles. The summed E-state index contributed by atoms with van der Waals surface area (Å²) in [5, 5.41) is 10.9. The second-order valence-electron chi connectivity index (χ2n) is 5.71. The highest BCUT2D eigenvalue weighted by molar-refractivity contribution is 7.88. The summed E-state index contributed by atoms with van der Waals surface area (Å²) in [5.41, 5.74) is 0.462. The Hall–Kier alpha value is -3.55. The Morgan fingerprint density at radius 1 is 1.28 bits per heavy atom. The highest BCUT2D eigenvalue weighted by Crippen LogP contribution is 2.28. The van der Waals surface area contributed by atoms with Crippen LogP contribution in [-0.2, 0) is 17.2 Å². The lowest BCUT2D eigenvalue weighted by Crippen LogP contribution is -2.28. The number of benzene rings is 1. The van der Waals surface area contributed by atoms with E-state index in [0.717, 1.165) is 16.8 Å². The van der Waals surface area contributed by atoms with Gasteiger partial charge < -0.3 is 15.2 Å². The van der Waals surface area contributed by atoms with Crippen LogP contribution in [0.1, 0.15) is 10.5 Å². The van der Waals surface area contributed by atoms with Crippen LogP contribution in [0.15, 0.2) is 42.9 Å². The molecule has 10 nitrogen and oxygen atoms in total. The molecule has 0 atom stereocenters. The molecule has 2 aromatic heterocycles. The van der Waals surface area contributed by atoms with E-state index in [1.807, 2.05) is 0 Å². The SMILES string of the molecule is Cn1cc(Nc2cn(-c3cccc(OS(=O)(=O)C(F)(F)F)c3)nc2C(N)=O)cn1. The summed E-state index contributed by atoms with van der Waals surface area (Å²) in [6.45, 7) is 0. The van der Waals surface area contributed by atoms with Gasteiger partial charge in [-0.1, -0.05) is 6.07 Å². The van der Waals surface area contributed by atoms with Crippen LogP contribution >= 0.6 is 0 Å². The quantitative estimate of drug-likeness (QED) is 0.449. The number of primary amides is 1. The zero-order chi connectivity index (χ0) is 21.4. The monoisotopic (exact) mass is 430 g/mol. The minimum absolute atomic E-state index is 0.126. The molecule has 0 fully saturated rings. The van der Waals surface area contributed by atoms with Gasteiger partial charge >= 0.3 is 15.6 Å². The maximum absolute atomic E-state index is 12.5. The first-order chi connectivity index (χ1) is 13.5. The molecule has 1 amide bonds. The molecule has 0 unspecified atom stereocenters. The Morgan fingerprint density at radius 3 is 2.59 bits per heavy atom. The average molecular weight is 430 g/mol. The fraction of sp³-hybridized carbons (Fsp3) is 0.133. The maximum Gasteiger partial charge on any atom is 0.534 e. The summed E-state index contributed by atoms with van der Waals surface area (Å²) in [6, 6.07) is 4.71. The number of hydrogen-bond acceptors (Lipinski definition) is 7. The van der Waals surface area contributed by atoms with E-state index in [4.69, 9.17) is 5.73 Å². The highest BCUT2D eigenvalue weighted by atomic mass is 32.2. The van der Waals surface area contributed by atoms with E-state index in [1.54, 1.807) is 13.2 Å². The van der Waals surface area contributed by atoms with Crippen molar-refractivity contribution in [2.75, 3.05) is 5.32 Å². The molecule has 1 aromatic carbocycles. The number of anilines is 2. The van der Waals surface area contributed by atoms with E-state index in [-0.39, 0.29) is 17.1 Å².